The van der Waals surface area contributed by atoms with Crippen molar-refractivity contribution in [2.75, 3.05) is 42.8 Å². The molecule has 9 heteroatoms. The van der Waals surface area contributed by atoms with Crippen LogP contribution in [0, 0.1) is 12.3 Å². The van der Waals surface area contributed by atoms with Gasteiger partial charge < -0.3 is 20.7 Å². The number of rotatable bonds is 9. The van der Waals surface area contributed by atoms with Crippen LogP contribution in [0.25, 0.3) is 0 Å². The molecule has 0 radical (unpaired) electrons. The summed E-state index contributed by atoms with van der Waals surface area (Å²) in [5, 5.41) is 3.00. The number of terminal acetylenes is 1. The van der Waals surface area contributed by atoms with Gasteiger partial charge in [0.05, 0.1) is 19.7 Å². The fourth-order valence-electron chi connectivity index (χ4n) is 3.30. The summed E-state index contributed by atoms with van der Waals surface area (Å²) in [7, 11) is 1.48. The van der Waals surface area contributed by atoms with E-state index in [2.05, 4.69) is 16.2 Å². The number of hydrogen-bond donors (Lipinski definition) is 3. The van der Waals surface area contributed by atoms with Crippen LogP contribution in [0.3, 0.4) is 0 Å². The Kier molecular flexibility index (Phi) is 7.68. The highest BCUT2D eigenvalue weighted by Crippen LogP contribution is 2.18. The van der Waals surface area contributed by atoms with Crippen molar-refractivity contribution in [3.63, 3.8) is 0 Å². The summed E-state index contributed by atoms with van der Waals surface area (Å²) < 4.78 is 6.33. The number of carbonyl (C=O) groups excluding carboxylic acids is 1. The molecule has 0 atom stereocenters. The maximum Gasteiger partial charge on any atom is 0.330 e. The highest BCUT2D eigenvalue weighted by Gasteiger charge is 2.24. The van der Waals surface area contributed by atoms with Crippen molar-refractivity contribution in [2.45, 2.75) is 6.54 Å². The van der Waals surface area contributed by atoms with Gasteiger partial charge in [-0.2, -0.15) is 0 Å². The number of nitrogens with zero attached hydrogens (tertiary/aromatic N) is 2. The minimum atomic E-state index is -0.749. The zero-order valence-electron chi connectivity index (χ0n) is 18.2. The van der Waals surface area contributed by atoms with E-state index in [9.17, 15) is 14.4 Å². The first kappa shape index (κ1) is 23.4. The van der Waals surface area contributed by atoms with E-state index in [0.29, 0.717) is 11.3 Å². The second-order valence-corrected chi connectivity index (χ2v) is 7.18. The lowest BCUT2D eigenvalue weighted by atomic mass is 10.2. The molecule has 33 heavy (non-hydrogen) atoms. The van der Waals surface area contributed by atoms with Crippen molar-refractivity contribution >= 4 is 23.1 Å². The summed E-state index contributed by atoms with van der Waals surface area (Å²) in [6, 6.07) is 16.2. The van der Waals surface area contributed by atoms with Crippen LogP contribution >= 0.6 is 0 Å². The van der Waals surface area contributed by atoms with Gasteiger partial charge in [0.15, 0.2) is 5.69 Å². The SMILES string of the molecule is C#Cc1cccc(NCC(=O)N(CCOC)c2c(N)n(Cc3ccccc3)c(=O)[nH]c2=O)c1. The zero-order chi connectivity index (χ0) is 23.8. The lowest BCUT2D eigenvalue weighted by Gasteiger charge is -2.24. The predicted molar refractivity (Wildman–Crippen MR) is 128 cm³/mol. The zero-order valence-corrected chi connectivity index (χ0v) is 18.2. The number of H-pyrrole nitrogens is 1. The highest BCUT2D eigenvalue weighted by molar-refractivity contribution is 5.98. The standard InChI is InChI=1S/C24H25N5O4/c1-3-17-10-7-11-19(14-17)26-15-20(30)28(12-13-33-2)21-22(25)29(24(32)27-23(21)31)16-18-8-5-4-6-9-18/h1,4-11,14,26H,12-13,15-16,25H2,2H3,(H,27,31,32). The molecule has 1 heterocycles. The molecule has 2 aromatic carbocycles. The van der Waals surface area contributed by atoms with Crippen molar-refractivity contribution in [3.05, 3.63) is 86.6 Å². The molecule has 0 fully saturated rings. The van der Waals surface area contributed by atoms with E-state index >= 15 is 0 Å². The molecule has 1 aromatic heterocycles. The number of hydrogen-bond acceptors (Lipinski definition) is 6. The summed E-state index contributed by atoms with van der Waals surface area (Å²) in [5.74, 6) is 2.00. The molecule has 0 saturated carbocycles. The second kappa shape index (κ2) is 10.8. The first-order valence-corrected chi connectivity index (χ1v) is 10.2. The fraction of sp³-hybridized carbons (Fsp3) is 0.208. The molecule has 0 aliphatic rings. The van der Waals surface area contributed by atoms with Gasteiger partial charge in [0.2, 0.25) is 5.91 Å². The molecule has 3 aromatic rings. The van der Waals surface area contributed by atoms with Gasteiger partial charge >= 0.3 is 5.69 Å². The first-order valence-electron chi connectivity index (χ1n) is 10.2. The number of nitrogen functional groups attached to an aromatic ring is 1. The summed E-state index contributed by atoms with van der Waals surface area (Å²) in [4.78, 5) is 41.8. The molecule has 170 valence electrons. The van der Waals surface area contributed by atoms with E-state index in [1.54, 1.807) is 24.3 Å². The van der Waals surface area contributed by atoms with Gasteiger partial charge in [-0.05, 0) is 23.8 Å². The number of carbonyl (C=O) groups is 1. The highest BCUT2D eigenvalue weighted by atomic mass is 16.5. The van der Waals surface area contributed by atoms with Crippen molar-refractivity contribution < 1.29 is 9.53 Å². The lowest BCUT2D eigenvalue weighted by Crippen LogP contribution is -2.44. The molecule has 4 N–H and O–H groups in total. The van der Waals surface area contributed by atoms with Gasteiger partial charge in [-0.15, -0.1) is 6.42 Å². The summed E-state index contributed by atoms with van der Waals surface area (Å²) in [6.45, 7) is 0.237. The van der Waals surface area contributed by atoms with Crippen LogP contribution in [0.15, 0.2) is 64.2 Å². The van der Waals surface area contributed by atoms with Gasteiger partial charge in [-0.25, -0.2) is 4.79 Å². The number of aromatic amines is 1. The largest absolute Gasteiger partial charge is 0.383 e. The van der Waals surface area contributed by atoms with Crippen LogP contribution in [-0.2, 0) is 16.1 Å². The molecule has 1 amide bonds. The Bertz CT molecular complexity index is 1270. The van der Waals surface area contributed by atoms with Gasteiger partial charge in [0.25, 0.3) is 5.56 Å². The van der Waals surface area contributed by atoms with E-state index in [4.69, 9.17) is 16.9 Å². The average molecular weight is 447 g/mol. The molecular formula is C24H25N5O4. The van der Waals surface area contributed by atoms with Crippen LogP contribution in [0.4, 0.5) is 17.2 Å². The van der Waals surface area contributed by atoms with Crippen molar-refractivity contribution in [2.24, 2.45) is 0 Å². The second-order valence-electron chi connectivity index (χ2n) is 7.18. The van der Waals surface area contributed by atoms with E-state index in [-0.39, 0.29) is 37.7 Å². The van der Waals surface area contributed by atoms with Crippen LogP contribution < -0.4 is 27.2 Å². The van der Waals surface area contributed by atoms with Crippen LogP contribution in [0.2, 0.25) is 0 Å². The smallest absolute Gasteiger partial charge is 0.330 e. The van der Waals surface area contributed by atoms with Crippen LogP contribution in [0.1, 0.15) is 11.1 Å². The first-order chi connectivity index (χ1) is 15.9. The van der Waals surface area contributed by atoms with Crippen molar-refractivity contribution in [3.8, 4) is 12.3 Å². The number of amides is 1. The Morgan fingerprint density at radius 2 is 1.97 bits per heavy atom. The predicted octanol–water partition coefficient (Wildman–Crippen LogP) is 1.24. The average Bonchev–Trinajstić information content (AvgIpc) is 2.83. The van der Waals surface area contributed by atoms with Gasteiger partial charge in [-0.3, -0.25) is 19.1 Å². The van der Waals surface area contributed by atoms with E-state index < -0.39 is 17.2 Å². The maximum absolute atomic E-state index is 13.1. The molecule has 0 spiro atoms. The molecular weight excluding hydrogens is 422 g/mol. The topological polar surface area (TPSA) is 122 Å². The number of nitrogens with two attached hydrogens (primary N) is 1. The van der Waals surface area contributed by atoms with Crippen LogP contribution in [0.5, 0.6) is 0 Å². The molecule has 3 rings (SSSR count). The molecule has 0 aliphatic heterocycles. The molecule has 0 saturated heterocycles. The minimum Gasteiger partial charge on any atom is -0.383 e. The summed E-state index contributed by atoms with van der Waals surface area (Å²) >= 11 is 0. The van der Waals surface area contributed by atoms with Crippen molar-refractivity contribution in [1.29, 1.82) is 0 Å². The van der Waals surface area contributed by atoms with E-state index in [1.807, 2.05) is 30.3 Å². The van der Waals surface area contributed by atoms with E-state index in [0.717, 1.165) is 5.56 Å². The molecule has 0 unspecified atom stereocenters. The normalized spacial score (nSPS) is 10.4. The third-order valence-corrected chi connectivity index (χ3v) is 4.96. The Morgan fingerprint density at radius 3 is 2.67 bits per heavy atom. The number of nitrogens with one attached hydrogen (secondary N) is 2. The lowest BCUT2D eigenvalue weighted by molar-refractivity contribution is -0.117. The van der Waals surface area contributed by atoms with Crippen LogP contribution in [-0.4, -0.2) is 42.3 Å². The van der Waals surface area contributed by atoms with Gasteiger partial charge in [-0.1, -0.05) is 42.3 Å². The number of aromatic nitrogens is 2. The summed E-state index contributed by atoms with van der Waals surface area (Å²) in [5.41, 5.74) is 6.87. The number of ether oxygens (including phenoxy) is 1. The van der Waals surface area contributed by atoms with E-state index in [1.165, 1.54) is 16.6 Å². The molecule has 0 bridgehead atoms. The maximum atomic E-state index is 13.1. The minimum absolute atomic E-state index is 0.0677. The monoisotopic (exact) mass is 447 g/mol. The van der Waals surface area contributed by atoms with Crippen molar-refractivity contribution in [1.82, 2.24) is 9.55 Å². The third-order valence-electron chi connectivity index (χ3n) is 4.96. The Balaban J connectivity index is 1.93. The number of anilines is 3. The van der Waals surface area contributed by atoms with Gasteiger partial charge in [0, 0.05) is 24.9 Å². The number of benzene rings is 2. The summed E-state index contributed by atoms with van der Waals surface area (Å²) in [6.07, 6.45) is 5.42. The number of methoxy groups -OCH3 is 1. The Labute approximate surface area is 190 Å². The molecule has 0 aliphatic carbocycles. The van der Waals surface area contributed by atoms with Gasteiger partial charge in [0.1, 0.15) is 5.82 Å². The Morgan fingerprint density at radius 1 is 1.21 bits per heavy atom. The quantitative estimate of drug-likeness (QED) is 0.424. The fourth-order valence-corrected chi connectivity index (χ4v) is 3.30. The molecule has 9 nitrogen and oxygen atoms in total. The third kappa shape index (κ3) is 5.70. The Hall–Kier alpha value is -4.29.